The van der Waals surface area contributed by atoms with Crippen molar-refractivity contribution < 1.29 is 65.3 Å². The maximum Gasteiger partial charge on any atom is 0.430 e. The predicted molar refractivity (Wildman–Crippen MR) is 184 cm³/mol. The number of aliphatic hydroxyl groups is 2. The number of likely N-dealkylation sites (tertiary alicyclic amines) is 1. The number of rotatable bonds is 12. The third-order valence-electron chi connectivity index (χ3n) is 11.1. The Morgan fingerprint density at radius 2 is 1.56 bits per heavy atom. The van der Waals surface area contributed by atoms with Crippen LogP contribution in [0.25, 0.3) is 0 Å². The van der Waals surface area contributed by atoms with Gasteiger partial charge in [0, 0.05) is 50.1 Å². The summed E-state index contributed by atoms with van der Waals surface area (Å²) in [6.07, 6.45) is -7.32. The van der Waals surface area contributed by atoms with Gasteiger partial charge in [-0.2, -0.15) is 26.3 Å². The van der Waals surface area contributed by atoms with Crippen molar-refractivity contribution in [1.29, 1.82) is 0 Å². The number of nitrogens with two attached hydrogens (primary N) is 1. The van der Waals surface area contributed by atoms with Crippen LogP contribution in [0.5, 0.6) is 0 Å². The first-order chi connectivity index (χ1) is 26.5. The molecular weight excluding hydrogens is 772 g/mol. The van der Waals surface area contributed by atoms with Gasteiger partial charge >= 0.3 is 12.4 Å². The van der Waals surface area contributed by atoms with Gasteiger partial charge in [0.1, 0.15) is 23.2 Å². The van der Waals surface area contributed by atoms with Crippen LogP contribution in [0.15, 0.2) is 30.5 Å². The molecule has 1 aromatic heterocycles. The van der Waals surface area contributed by atoms with Crippen LogP contribution >= 0.6 is 0 Å². The Morgan fingerprint density at radius 1 is 0.965 bits per heavy atom. The first-order valence-electron chi connectivity index (χ1n) is 18.4. The second-order valence-electron chi connectivity index (χ2n) is 15.4. The normalized spacial score (nSPS) is 21.5. The largest absolute Gasteiger partial charge is 0.430 e. The molecule has 57 heavy (non-hydrogen) atoms. The van der Waals surface area contributed by atoms with Gasteiger partial charge in [-0.15, -0.1) is 5.10 Å². The van der Waals surface area contributed by atoms with Crippen LogP contribution < -0.4 is 16.4 Å². The molecule has 0 bridgehead atoms. The van der Waals surface area contributed by atoms with Crippen LogP contribution in [0.2, 0.25) is 0 Å². The van der Waals surface area contributed by atoms with E-state index in [4.69, 9.17) is 10.5 Å². The van der Waals surface area contributed by atoms with Crippen LogP contribution in [-0.4, -0.2) is 109 Å². The van der Waals surface area contributed by atoms with Crippen LogP contribution in [-0.2, 0) is 35.1 Å². The van der Waals surface area contributed by atoms with E-state index in [0.717, 1.165) is 19.3 Å². The molecule has 2 aromatic rings. The number of carbonyl (C=O) groups is 5. The highest BCUT2D eigenvalue weighted by molar-refractivity contribution is 6.39. The van der Waals surface area contributed by atoms with Crippen LogP contribution in [0.4, 0.5) is 26.3 Å². The quantitative estimate of drug-likeness (QED) is 0.156. The van der Waals surface area contributed by atoms with E-state index in [-0.39, 0.29) is 57.1 Å². The van der Waals surface area contributed by atoms with Crippen LogP contribution in [0.1, 0.15) is 99.3 Å². The minimum atomic E-state index is -6.15. The number of Topliss-reactive ketones (excluding diaryl/α,β-unsaturated/α-hetero) is 1. The van der Waals surface area contributed by atoms with Crippen LogP contribution in [0, 0.1) is 5.92 Å². The number of aromatic nitrogens is 3. The Kier molecular flexibility index (Phi) is 12.5. The molecule has 2 saturated heterocycles. The van der Waals surface area contributed by atoms with E-state index in [0.29, 0.717) is 37.1 Å². The number of carbonyl (C=O) groups excluding carboxylic acids is 5. The molecule has 5 rings (SSSR count). The Labute approximate surface area is 322 Å². The fourth-order valence-electron chi connectivity index (χ4n) is 7.89. The van der Waals surface area contributed by atoms with Crippen molar-refractivity contribution in [3.05, 3.63) is 47.3 Å². The summed E-state index contributed by atoms with van der Waals surface area (Å²) in [4.78, 5) is 69.0. The standard InChI is InChI=1S/C36H45F6N7O8/c1-32(2,55)26-18-44-47-49(26)23-17-25(30(53)46-33(27(50)28(43)51)12-14-57-15-13-33)48(19-23)31(54)24(16-20-6-4-3-5-7-20)45-29(52)21-8-10-22(11-9-21)34(56,35(37,38)39)36(40,41)42/h8-11,18,20,23-25,55-56H,3-7,12-17,19H2,1-2H3,(H2,43,51)(H,45,52)(H,46,53)/t23-,24+,25-/m0/s1. The Hall–Kier alpha value is -4.63. The minimum Gasteiger partial charge on any atom is -0.384 e. The molecule has 4 amide bonds. The SMILES string of the molecule is CC(C)(O)c1cnnn1[C@H]1C[C@@H](C(=O)NC2(C(=O)C(N)=O)CCOCC2)N(C(=O)[C@@H](CC2CCCCC2)NC(=O)c2ccc(C(O)(C(F)(F)F)C(F)(F)F)cc2)C1. The highest BCUT2D eigenvalue weighted by Gasteiger charge is 2.71. The lowest BCUT2D eigenvalue weighted by atomic mass is 9.84. The molecule has 1 saturated carbocycles. The lowest BCUT2D eigenvalue weighted by molar-refractivity contribution is -0.376. The lowest BCUT2D eigenvalue weighted by Gasteiger charge is -2.37. The Balaban J connectivity index is 1.49. The van der Waals surface area contributed by atoms with Gasteiger partial charge in [0.2, 0.25) is 17.6 Å². The zero-order chi connectivity index (χ0) is 42.1. The van der Waals surface area contributed by atoms with Crippen molar-refractivity contribution in [2.45, 2.75) is 119 Å². The van der Waals surface area contributed by atoms with Gasteiger partial charge in [0.05, 0.1) is 17.9 Å². The van der Waals surface area contributed by atoms with E-state index in [9.17, 15) is 60.5 Å². The van der Waals surface area contributed by atoms with Gasteiger partial charge in [-0.3, -0.25) is 24.0 Å². The van der Waals surface area contributed by atoms with E-state index >= 15 is 0 Å². The fourth-order valence-corrected chi connectivity index (χ4v) is 7.89. The molecule has 2 aliphatic heterocycles. The summed E-state index contributed by atoms with van der Waals surface area (Å²) in [6.45, 7) is 2.74. The maximum absolute atomic E-state index is 14.7. The second kappa shape index (κ2) is 16.3. The molecule has 6 N–H and O–H groups in total. The van der Waals surface area contributed by atoms with Gasteiger partial charge in [-0.05, 0) is 38.3 Å². The molecule has 1 aliphatic carbocycles. The molecule has 1 aromatic carbocycles. The molecule has 3 aliphatic rings. The van der Waals surface area contributed by atoms with Crippen molar-refractivity contribution in [2.24, 2.45) is 11.7 Å². The van der Waals surface area contributed by atoms with Crippen molar-refractivity contribution >= 4 is 29.4 Å². The first-order valence-corrected chi connectivity index (χ1v) is 18.4. The highest BCUT2D eigenvalue weighted by Crippen LogP contribution is 2.50. The molecule has 0 spiro atoms. The maximum atomic E-state index is 14.7. The zero-order valence-electron chi connectivity index (χ0n) is 31.2. The smallest absolute Gasteiger partial charge is 0.384 e. The molecule has 15 nitrogen and oxygen atoms in total. The van der Waals surface area contributed by atoms with Crippen molar-refractivity contribution in [3.8, 4) is 0 Å². The van der Waals surface area contributed by atoms with Gasteiger partial charge < -0.3 is 36.2 Å². The van der Waals surface area contributed by atoms with Gasteiger partial charge in [-0.25, -0.2) is 4.68 Å². The van der Waals surface area contributed by atoms with Crippen molar-refractivity contribution in [2.75, 3.05) is 19.8 Å². The van der Waals surface area contributed by atoms with E-state index in [2.05, 4.69) is 20.9 Å². The summed E-state index contributed by atoms with van der Waals surface area (Å²) in [6, 6.07) is -1.56. The number of nitrogens with one attached hydrogen (secondary N) is 2. The second-order valence-corrected chi connectivity index (χ2v) is 15.4. The fraction of sp³-hybridized carbons (Fsp3) is 0.639. The monoisotopic (exact) mass is 817 g/mol. The molecule has 21 heteroatoms. The average Bonchev–Trinajstić information content (AvgIpc) is 3.82. The summed E-state index contributed by atoms with van der Waals surface area (Å²) in [5.41, 5.74) is -4.86. The average molecular weight is 818 g/mol. The predicted octanol–water partition coefficient (Wildman–Crippen LogP) is 2.45. The van der Waals surface area contributed by atoms with E-state index in [1.807, 2.05) is 0 Å². The molecule has 3 fully saturated rings. The third kappa shape index (κ3) is 8.94. The summed E-state index contributed by atoms with van der Waals surface area (Å²) < 4.78 is 87.7. The Morgan fingerprint density at radius 3 is 2.11 bits per heavy atom. The van der Waals surface area contributed by atoms with Crippen molar-refractivity contribution in [3.63, 3.8) is 0 Å². The number of ketones is 1. The number of hydrogen-bond donors (Lipinski definition) is 5. The topological polar surface area (TPSA) is 219 Å². The third-order valence-corrected chi connectivity index (χ3v) is 11.1. The number of primary amides is 1. The minimum absolute atomic E-state index is 0.00527. The van der Waals surface area contributed by atoms with Gasteiger partial charge in [0.15, 0.2) is 0 Å². The van der Waals surface area contributed by atoms with Gasteiger partial charge in [-0.1, -0.05) is 49.5 Å². The molecule has 314 valence electrons. The molecule has 3 atom stereocenters. The summed E-state index contributed by atoms with van der Waals surface area (Å²) >= 11 is 0. The molecule has 3 heterocycles. The summed E-state index contributed by atoms with van der Waals surface area (Å²) in [7, 11) is 0. The number of halogens is 6. The van der Waals surface area contributed by atoms with E-state index in [1.54, 1.807) is 0 Å². The number of benzene rings is 1. The highest BCUT2D eigenvalue weighted by atomic mass is 19.4. The first kappa shape index (κ1) is 43.5. The van der Waals surface area contributed by atoms with E-state index in [1.165, 1.54) is 29.6 Å². The zero-order valence-corrected chi connectivity index (χ0v) is 31.2. The number of alkyl halides is 6. The number of nitrogens with zero attached hydrogens (tertiary/aromatic N) is 4. The number of ether oxygens (including phenoxy) is 1. The number of amides is 4. The summed E-state index contributed by atoms with van der Waals surface area (Å²) in [5, 5.41) is 33.8. The van der Waals surface area contributed by atoms with Crippen LogP contribution in [0.3, 0.4) is 0 Å². The van der Waals surface area contributed by atoms with Crippen molar-refractivity contribution in [1.82, 2.24) is 30.5 Å². The van der Waals surface area contributed by atoms with E-state index < -0.39 is 87.8 Å². The summed E-state index contributed by atoms with van der Waals surface area (Å²) in [5.74, 6) is -5.10. The molecule has 0 unspecified atom stereocenters. The van der Waals surface area contributed by atoms with Gasteiger partial charge in [0.25, 0.3) is 17.4 Å². The number of hydrogen-bond acceptors (Lipinski definition) is 10. The molecular formula is C36H45F6N7O8. The Bertz CT molecular complexity index is 1800. The molecule has 0 radical (unpaired) electrons. The lowest BCUT2D eigenvalue weighted by Crippen LogP contribution is -2.64.